The largest absolute Gasteiger partial charge is 0.495 e. The number of rotatable bonds is 3. The highest BCUT2D eigenvalue weighted by Gasteiger charge is 2.46. The first kappa shape index (κ1) is 15.3. The number of anilines is 1. The van der Waals surface area contributed by atoms with Crippen molar-refractivity contribution in [3.05, 3.63) is 23.2 Å². The molecule has 0 aliphatic carbocycles. The zero-order valence-electron chi connectivity index (χ0n) is 12.3. The van der Waals surface area contributed by atoms with Gasteiger partial charge in [0.2, 0.25) is 5.91 Å². The number of morpholine rings is 1. The van der Waals surface area contributed by atoms with Gasteiger partial charge < -0.3 is 14.4 Å². The molecule has 1 N–H and O–H groups in total. The second kappa shape index (κ2) is 6.24. The van der Waals surface area contributed by atoms with E-state index < -0.39 is 0 Å². The number of quaternary nitrogens is 1. The minimum atomic E-state index is -0.322. The van der Waals surface area contributed by atoms with Gasteiger partial charge >= 0.3 is 0 Å². The quantitative estimate of drug-likeness (QED) is 0.788. The van der Waals surface area contributed by atoms with Crippen LogP contribution >= 0.6 is 11.6 Å². The maximum absolute atomic E-state index is 12.7. The average Bonchev–Trinajstić information content (AvgIpc) is 2.83. The molecule has 1 aromatic carbocycles. The lowest BCUT2D eigenvalue weighted by Gasteiger charge is -2.27. The van der Waals surface area contributed by atoms with Gasteiger partial charge in [0.25, 0.3) is 5.91 Å². The van der Waals surface area contributed by atoms with Gasteiger partial charge in [0.1, 0.15) is 18.8 Å². The monoisotopic (exact) mass is 325 g/mol. The van der Waals surface area contributed by atoms with E-state index >= 15 is 0 Å². The summed E-state index contributed by atoms with van der Waals surface area (Å²) in [4.78, 5) is 27.3. The van der Waals surface area contributed by atoms with Gasteiger partial charge in [-0.05, 0) is 18.2 Å². The van der Waals surface area contributed by atoms with Gasteiger partial charge in [0.05, 0.1) is 37.5 Å². The molecule has 2 saturated heterocycles. The van der Waals surface area contributed by atoms with Crippen LogP contribution in [-0.2, 0) is 14.3 Å². The lowest BCUT2D eigenvalue weighted by atomic mass is 10.2. The van der Waals surface area contributed by atoms with E-state index in [4.69, 9.17) is 21.1 Å². The molecule has 118 valence electrons. The molecular weight excluding hydrogens is 308 g/mol. The highest BCUT2D eigenvalue weighted by molar-refractivity contribution is 6.32. The number of nitrogens with one attached hydrogen (secondary N) is 1. The summed E-state index contributed by atoms with van der Waals surface area (Å²) in [5, 5.41) is 0.378. The number of hydrogen-bond acceptors (Lipinski definition) is 4. The van der Waals surface area contributed by atoms with E-state index in [1.54, 1.807) is 18.2 Å². The lowest BCUT2D eigenvalue weighted by molar-refractivity contribution is -0.922. The van der Waals surface area contributed by atoms with Gasteiger partial charge in [-0.15, -0.1) is 0 Å². The summed E-state index contributed by atoms with van der Waals surface area (Å²) in [5.74, 6) is 0.165. The van der Waals surface area contributed by atoms with Gasteiger partial charge in [0, 0.05) is 0 Å². The molecule has 0 aromatic heterocycles. The highest BCUT2D eigenvalue weighted by atomic mass is 35.5. The van der Waals surface area contributed by atoms with Gasteiger partial charge in [-0.2, -0.15) is 0 Å². The van der Waals surface area contributed by atoms with E-state index in [0.29, 0.717) is 29.7 Å². The number of amides is 2. The number of halogens is 1. The SMILES string of the molecule is COc1ccc(N2C(=O)C[C@H]([NH+]3CCOCC3)C2=O)cc1Cl. The molecule has 2 heterocycles. The Morgan fingerprint density at radius 1 is 1.32 bits per heavy atom. The zero-order valence-corrected chi connectivity index (χ0v) is 13.1. The maximum atomic E-state index is 12.7. The molecule has 3 rings (SSSR count). The molecule has 2 aliphatic heterocycles. The average molecular weight is 326 g/mol. The predicted molar refractivity (Wildman–Crippen MR) is 80.4 cm³/mol. The zero-order chi connectivity index (χ0) is 15.7. The van der Waals surface area contributed by atoms with Gasteiger partial charge in [-0.3, -0.25) is 9.59 Å². The van der Waals surface area contributed by atoms with Crippen molar-refractivity contribution in [2.45, 2.75) is 12.5 Å². The first-order chi connectivity index (χ1) is 10.6. The van der Waals surface area contributed by atoms with E-state index in [2.05, 4.69) is 0 Å². The van der Waals surface area contributed by atoms with Crippen molar-refractivity contribution in [3.8, 4) is 5.75 Å². The second-order valence-electron chi connectivity index (χ2n) is 5.41. The van der Waals surface area contributed by atoms with Crippen molar-refractivity contribution in [1.82, 2.24) is 0 Å². The van der Waals surface area contributed by atoms with E-state index in [1.807, 2.05) is 0 Å². The number of carbonyl (C=O) groups is 2. The van der Waals surface area contributed by atoms with Gasteiger partial charge in [0.15, 0.2) is 6.04 Å². The Bertz CT molecular complexity index is 601. The second-order valence-corrected chi connectivity index (χ2v) is 5.82. The summed E-state index contributed by atoms with van der Waals surface area (Å²) >= 11 is 6.09. The van der Waals surface area contributed by atoms with Crippen molar-refractivity contribution < 1.29 is 24.0 Å². The van der Waals surface area contributed by atoms with Gasteiger partial charge in [-0.25, -0.2) is 4.90 Å². The molecule has 1 aromatic rings. The molecule has 0 radical (unpaired) electrons. The van der Waals surface area contributed by atoms with Crippen molar-refractivity contribution in [2.24, 2.45) is 0 Å². The molecule has 1 atom stereocenters. The summed E-state index contributed by atoms with van der Waals surface area (Å²) in [7, 11) is 1.52. The molecule has 2 fully saturated rings. The number of carbonyl (C=O) groups excluding carboxylic acids is 2. The molecule has 0 saturated carbocycles. The molecule has 6 nitrogen and oxygen atoms in total. The van der Waals surface area contributed by atoms with Crippen molar-refractivity contribution in [3.63, 3.8) is 0 Å². The number of ether oxygens (including phenoxy) is 2. The minimum absolute atomic E-state index is 0.164. The van der Waals surface area contributed by atoms with Crippen molar-refractivity contribution >= 4 is 29.1 Å². The number of nitrogens with zero attached hydrogens (tertiary/aromatic N) is 1. The third kappa shape index (κ3) is 2.69. The van der Waals surface area contributed by atoms with Gasteiger partial charge in [-0.1, -0.05) is 11.6 Å². The predicted octanol–water partition coefficient (Wildman–Crippen LogP) is -0.104. The number of methoxy groups -OCH3 is 1. The van der Waals surface area contributed by atoms with Crippen LogP contribution in [0, 0.1) is 0 Å². The Hall–Kier alpha value is -1.63. The number of benzene rings is 1. The van der Waals surface area contributed by atoms with Crippen LogP contribution in [0.4, 0.5) is 5.69 Å². The van der Waals surface area contributed by atoms with E-state index in [1.165, 1.54) is 12.0 Å². The summed E-state index contributed by atoms with van der Waals surface area (Å²) in [6.45, 7) is 2.76. The topological polar surface area (TPSA) is 60.3 Å². The molecule has 0 bridgehead atoms. The fourth-order valence-electron chi connectivity index (χ4n) is 3.00. The standard InChI is InChI=1S/C15H17ClN2O4/c1-21-13-3-2-10(8-11(13)16)18-14(19)9-12(15(18)20)17-4-6-22-7-5-17/h2-3,8,12H,4-7,9H2,1H3/p+1/t12-/m0/s1. The number of imide groups is 1. The molecule has 7 heteroatoms. The molecule has 2 aliphatic rings. The Morgan fingerprint density at radius 3 is 2.68 bits per heavy atom. The summed E-state index contributed by atoms with van der Waals surface area (Å²) in [5.41, 5.74) is 0.496. The lowest BCUT2D eigenvalue weighted by Crippen LogP contribution is -3.18. The van der Waals surface area contributed by atoms with Crippen molar-refractivity contribution in [2.75, 3.05) is 38.3 Å². The van der Waals surface area contributed by atoms with Crippen LogP contribution in [0.3, 0.4) is 0 Å². The summed E-state index contributed by atoms with van der Waals surface area (Å²) < 4.78 is 10.4. The third-order valence-corrected chi connectivity index (χ3v) is 4.46. The molecule has 0 spiro atoms. The number of hydrogen-bond donors (Lipinski definition) is 1. The Labute approximate surface area is 133 Å². The van der Waals surface area contributed by atoms with E-state index in [9.17, 15) is 9.59 Å². The molecule has 0 unspecified atom stereocenters. The first-order valence-electron chi connectivity index (χ1n) is 7.24. The molecule has 2 amide bonds. The summed E-state index contributed by atoms with van der Waals surface area (Å²) in [6, 6.07) is 4.61. The van der Waals surface area contributed by atoms with E-state index in [0.717, 1.165) is 18.0 Å². The van der Waals surface area contributed by atoms with Crippen LogP contribution < -0.4 is 14.5 Å². The summed E-state index contributed by atoms with van der Waals surface area (Å²) in [6.07, 6.45) is 0.234. The third-order valence-electron chi connectivity index (χ3n) is 4.17. The fraction of sp³-hybridized carbons (Fsp3) is 0.467. The Kier molecular flexibility index (Phi) is 4.33. The molecular formula is C15H18ClN2O4+. The highest BCUT2D eigenvalue weighted by Crippen LogP contribution is 2.31. The molecule has 22 heavy (non-hydrogen) atoms. The van der Waals surface area contributed by atoms with Crippen LogP contribution in [0.1, 0.15) is 6.42 Å². The van der Waals surface area contributed by atoms with Crippen molar-refractivity contribution in [1.29, 1.82) is 0 Å². The van der Waals surface area contributed by atoms with Crippen LogP contribution in [0.15, 0.2) is 18.2 Å². The van der Waals surface area contributed by atoms with Crippen LogP contribution in [0.2, 0.25) is 5.02 Å². The fourth-order valence-corrected chi connectivity index (χ4v) is 3.25. The van der Waals surface area contributed by atoms with Crippen LogP contribution in [-0.4, -0.2) is 51.3 Å². The van der Waals surface area contributed by atoms with Crippen LogP contribution in [0.25, 0.3) is 0 Å². The Morgan fingerprint density at radius 2 is 2.05 bits per heavy atom. The normalized spacial score (nSPS) is 23.2. The Balaban J connectivity index is 1.83. The van der Waals surface area contributed by atoms with E-state index in [-0.39, 0.29) is 24.3 Å². The smallest absolute Gasteiger partial charge is 0.292 e. The first-order valence-corrected chi connectivity index (χ1v) is 7.62. The minimum Gasteiger partial charge on any atom is -0.495 e. The maximum Gasteiger partial charge on any atom is 0.292 e. The van der Waals surface area contributed by atoms with Crippen LogP contribution in [0.5, 0.6) is 5.75 Å².